The van der Waals surface area contributed by atoms with Crippen molar-refractivity contribution in [1.82, 2.24) is 0 Å². The van der Waals surface area contributed by atoms with Crippen LogP contribution >= 0.6 is 15.9 Å². The van der Waals surface area contributed by atoms with Crippen molar-refractivity contribution in [2.75, 3.05) is 0 Å². The van der Waals surface area contributed by atoms with E-state index in [0.717, 1.165) is 0 Å². The predicted octanol–water partition coefficient (Wildman–Crippen LogP) is 2.11. The van der Waals surface area contributed by atoms with Crippen LogP contribution in [0.1, 0.15) is 17.3 Å². The number of aldehydes is 1. The van der Waals surface area contributed by atoms with Crippen LogP contribution < -0.4 is 4.74 Å². The maximum Gasteiger partial charge on any atom is 0.344 e. The summed E-state index contributed by atoms with van der Waals surface area (Å²) in [6.45, 7) is 1.43. The van der Waals surface area contributed by atoms with Crippen molar-refractivity contribution in [3.8, 4) is 5.75 Å². The third kappa shape index (κ3) is 3.06. The number of rotatable bonds is 4. The van der Waals surface area contributed by atoms with Crippen LogP contribution in [-0.2, 0) is 4.79 Å². The summed E-state index contributed by atoms with van der Waals surface area (Å²) >= 11 is 3.19. The van der Waals surface area contributed by atoms with Gasteiger partial charge in [-0.2, -0.15) is 0 Å². The van der Waals surface area contributed by atoms with Crippen molar-refractivity contribution < 1.29 is 19.4 Å². The summed E-state index contributed by atoms with van der Waals surface area (Å²) in [7, 11) is 0. The van der Waals surface area contributed by atoms with E-state index in [9.17, 15) is 9.59 Å². The molecule has 0 fully saturated rings. The van der Waals surface area contributed by atoms with E-state index in [1.807, 2.05) is 0 Å². The van der Waals surface area contributed by atoms with E-state index in [0.29, 0.717) is 22.1 Å². The van der Waals surface area contributed by atoms with Crippen LogP contribution in [0.3, 0.4) is 0 Å². The van der Waals surface area contributed by atoms with Crippen molar-refractivity contribution in [2.45, 2.75) is 13.0 Å². The second kappa shape index (κ2) is 4.93. The minimum absolute atomic E-state index is 0.399. The number of aliphatic carboxylic acids is 1. The Morgan fingerprint density at radius 3 is 2.73 bits per heavy atom. The highest BCUT2D eigenvalue weighted by Gasteiger charge is 2.14. The minimum Gasteiger partial charge on any atom is -0.479 e. The molecule has 1 aromatic rings. The Balaban J connectivity index is 2.87. The second-order valence-corrected chi connectivity index (χ2v) is 3.76. The molecule has 0 spiro atoms. The van der Waals surface area contributed by atoms with E-state index >= 15 is 0 Å². The van der Waals surface area contributed by atoms with Gasteiger partial charge in [-0.15, -0.1) is 0 Å². The van der Waals surface area contributed by atoms with Gasteiger partial charge in [-0.1, -0.05) is 0 Å². The maximum absolute atomic E-state index is 10.5. The summed E-state index contributed by atoms with van der Waals surface area (Å²) in [5.74, 6) is -0.642. The third-order valence-electron chi connectivity index (χ3n) is 1.74. The molecule has 0 radical (unpaired) electrons. The number of benzene rings is 1. The Morgan fingerprint density at radius 1 is 1.60 bits per heavy atom. The summed E-state index contributed by atoms with van der Waals surface area (Å²) in [6, 6.07) is 4.67. The molecule has 0 aliphatic heterocycles. The van der Waals surface area contributed by atoms with Crippen LogP contribution in [0, 0.1) is 0 Å². The molecule has 0 aliphatic carbocycles. The monoisotopic (exact) mass is 272 g/mol. The molecule has 1 rings (SSSR count). The molecule has 0 saturated carbocycles. The first kappa shape index (κ1) is 11.7. The predicted molar refractivity (Wildman–Crippen MR) is 57.3 cm³/mol. The molecule has 0 heterocycles. The molecule has 5 heteroatoms. The summed E-state index contributed by atoms with van der Waals surface area (Å²) in [4.78, 5) is 21.0. The average molecular weight is 273 g/mol. The molecule has 0 bridgehead atoms. The molecule has 1 N–H and O–H groups in total. The Bertz CT molecular complexity index is 389. The zero-order chi connectivity index (χ0) is 11.4. The van der Waals surface area contributed by atoms with Crippen molar-refractivity contribution in [1.29, 1.82) is 0 Å². The number of carbonyl (C=O) groups is 2. The van der Waals surface area contributed by atoms with Gasteiger partial charge >= 0.3 is 5.97 Å². The average Bonchev–Trinajstić information content (AvgIpc) is 2.20. The molecule has 1 atom stereocenters. The quantitative estimate of drug-likeness (QED) is 0.853. The molecule has 0 saturated heterocycles. The molecule has 0 unspecified atom stereocenters. The molecular weight excluding hydrogens is 264 g/mol. The van der Waals surface area contributed by atoms with Crippen molar-refractivity contribution in [3.63, 3.8) is 0 Å². The van der Waals surface area contributed by atoms with Gasteiger partial charge < -0.3 is 9.84 Å². The molecule has 15 heavy (non-hydrogen) atoms. The van der Waals surface area contributed by atoms with Gasteiger partial charge in [0.25, 0.3) is 0 Å². The second-order valence-electron chi connectivity index (χ2n) is 2.91. The van der Waals surface area contributed by atoms with Gasteiger partial charge in [-0.3, -0.25) is 4.79 Å². The smallest absolute Gasteiger partial charge is 0.344 e. The van der Waals surface area contributed by atoms with Gasteiger partial charge in [0.05, 0.1) is 4.47 Å². The summed E-state index contributed by atoms with van der Waals surface area (Å²) in [6.07, 6.45) is -0.224. The van der Waals surface area contributed by atoms with Crippen LogP contribution in [-0.4, -0.2) is 23.5 Å². The first-order valence-electron chi connectivity index (χ1n) is 4.18. The lowest BCUT2D eigenvalue weighted by Gasteiger charge is -2.11. The minimum atomic E-state index is -1.04. The van der Waals surface area contributed by atoms with Gasteiger partial charge in [-0.25, -0.2) is 4.79 Å². The van der Waals surface area contributed by atoms with E-state index in [4.69, 9.17) is 9.84 Å². The number of halogens is 1. The van der Waals surface area contributed by atoms with Crippen LogP contribution in [0.15, 0.2) is 22.7 Å². The van der Waals surface area contributed by atoms with Crippen LogP contribution in [0.4, 0.5) is 0 Å². The highest BCUT2D eigenvalue weighted by atomic mass is 79.9. The molecular formula is C10H9BrO4. The molecule has 80 valence electrons. The van der Waals surface area contributed by atoms with Gasteiger partial charge in [0.2, 0.25) is 0 Å². The van der Waals surface area contributed by atoms with E-state index in [1.165, 1.54) is 6.92 Å². The number of carboxylic acid groups (broad SMARTS) is 1. The standard InChI is InChI=1S/C10H9BrO4/c1-6(10(13)14)15-9-3-2-7(5-12)4-8(9)11/h2-6H,1H3,(H,13,14)/t6-/m1/s1. The number of hydrogen-bond acceptors (Lipinski definition) is 3. The summed E-state index contributed by atoms with van der Waals surface area (Å²) in [5.41, 5.74) is 0.497. The fourth-order valence-corrected chi connectivity index (χ4v) is 1.42. The lowest BCUT2D eigenvalue weighted by Crippen LogP contribution is -2.23. The normalized spacial score (nSPS) is 11.9. The topological polar surface area (TPSA) is 63.6 Å². The molecule has 0 aliphatic rings. The Morgan fingerprint density at radius 2 is 2.27 bits per heavy atom. The van der Waals surface area contributed by atoms with E-state index in [2.05, 4.69) is 15.9 Å². The number of carboxylic acids is 1. The van der Waals surface area contributed by atoms with Crippen molar-refractivity contribution in [3.05, 3.63) is 28.2 Å². The van der Waals surface area contributed by atoms with Crippen molar-refractivity contribution >= 4 is 28.2 Å². The van der Waals surface area contributed by atoms with Crippen LogP contribution in [0.25, 0.3) is 0 Å². The molecule has 0 aromatic heterocycles. The summed E-state index contributed by atoms with van der Waals surface area (Å²) in [5, 5.41) is 8.64. The SMILES string of the molecule is C[C@@H](Oc1ccc(C=O)cc1Br)C(=O)O. The van der Waals surface area contributed by atoms with Crippen molar-refractivity contribution in [2.24, 2.45) is 0 Å². The lowest BCUT2D eigenvalue weighted by molar-refractivity contribution is -0.144. The first-order valence-corrected chi connectivity index (χ1v) is 4.98. The molecule has 4 nitrogen and oxygen atoms in total. The van der Waals surface area contributed by atoms with E-state index in [1.54, 1.807) is 18.2 Å². The zero-order valence-electron chi connectivity index (χ0n) is 7.94. The van der Waals surface area contributed by atoms with E-state index in [-0.39, 0.29) is 0 Å². The largest absolute Gasteiger partial charge is 0.479 e. The van der Waals surface area contributed by atoms with E-state index < -0.39 is 12.1 Å². The maximum atomic E-state index is 10.5. The number of carbonyl (C=O) groups excluding carboxylic acids is 1. The van der Waals surface area contributed by atoms with Crippen LogP contribution in [0.5, 0.6) is 5.75 Å². The number of ether oxygens (including phenoxy) is 1. The Hall–Kier alpha value is -1.36. The summed E-state index contributed by atoms with van der Waals surface area (Å²) < 4.78 is 5.70. The zero-order valence-corrected chi connectivity index (χ0v) is 9.52. The Kier molecular flexibility index (Phi) is 3.85. The third-order valence-corrected chi connectivity index (χ3v) is 2.36. The van der Waals surface area contributed by atoms with Gasteiger partial charge in [0, 0.05) is 5.56 Å². The van der Waals surface area contributed by atoms with Gasteiger partial charge in [0.1, 0.15) is 12.0 Å². The van der Waals surface area contributed by atoms with Crippen LogP contribution in [0.2, 0.25) is 0 Å². The lowest BCUT2D eigenvalue weighted by atomic mass is 10.2. The highest BCUT2D eigenvalue weighted by Crippen LogP contribution is 2.26. The highest BCUT2D eigenvalue weighted by molar-refractivity contribution is 9.10. The van der Waals surface area contributed by atoms with Gasteiger partial charge in [0.15, 0.2) is 6.10 Å². The Labute approximate surface area is 95.0 Å². The molecule has 1 aromatic carbocycles. The molecule has 0 amide bonds. The fraction of sp³-hybridized carbons (Fsp3) is 0.200. The first-order chi connectivity index (χ1) is 7.04. The fourth-order valence-electron chi connectivity index (χ4n) is 0.927. The number of hydrogen-bond donors (Lipinski definition) is 1. The van der Waals surface area contributed by atoms with Gasteiger partial charge in [-0.05, 0) is 41.1 Å².